The van der Waals surface area contributed by atoms with Crippen LogP contribution in [0.1, 0.15) is 114 Å². The molecule has 0 unspecified atom stereocenters. The van der Waals surface area contributed by atoms with Crippen LogP contribution in [0.25, 0.3) is 0 Å². The van der Waals surface area contributed by atoms with Crippen molar-refractivity contribution in [1.29, 1.82) is 0 Å². The largest absolute Gasteiger partial charge is 0.414 e. The number of hydrogen-bond donors (Lipinski definition) is 1. The third-order valence-corrected chi connectivity index (χ3v) is 22.3. The average molecular weight is 563 g/mol. The van der Waals surface area contributed by atoms with Gasteiger partial charge in [-0.15, -0.1) is 0 Å². The molecule has 0 saturated heterocycles. The molecule has 0 amide bonds. The van der Waals surface area contributed by atoms with E-state index >= 15 is 0 Å². The fourth-order valence-corrected chi connectivity index (χ4v) is 11.3. The lowest BCUT2D eigenvalue weighted by Gasteiger charge is -2.62. The molecule has 4 rings (SSSR count). The number of fused-ring (bicyclic) bond motifs is 5. The first kappa shape index (κ1) is 31.0. The Labute approximate surface area is 238 Å². The minimum absolute atomic E-state index is 0.171. The summed E-state index contributed by atoms with van der Waals surface area (Å²) in [7, 11) is -3.67. The number of aliphatic hydroxyl groups is 1. The monoisotopic (exact) mass is 562 g/mol. The second kappa shape index (κ2) is 9.54. The fraction of sp³-hybridized carbons (Fsp3) is 0.939. The number of rotatable bonds is 5. The minimum Gasteiger partial charge on any atom is -0.414 e. The SMILES string of the molecule is CC[C@]1(O)C=C2C[C@@H](O[Si](C)(C)C(C)(C)C)CC[C@]2(C)[C@H]2CC[C@]3(C)[C@@H](O[Si](C)(C)C(C)(C)C)CC[C@H]3[C@@H]21. The summed E-state index contributed by atoms with van der Waals surface area (Å²) in [6.07, 6.45) is 12.0. The molecule has 3 fully saturated rings. The van der Waals surface area contributed by atoms with Crippen molar-refractivity contribution in [2.75, 3.05) is 0 Å². The molecule has 4 aliphatic carbocycles. The molecule has 0 bridgehead atoms. The van der Waals surface area contributed by atoms with Gasteiger partial charge in [0.2, 0.25) is 0 Å². The molecule has 0 aromatic carbocycles. The Balaban J connectivity index is 1.63. The molecule has 1 N–H and O–H groups in total. The van der Waals surface area contributed by atoms with Gasteiger partial charge in [0.1, 0.15) is 0 Å². The highest BCUT2D eigenvalue weighted by Crippen LogP contribution is 2.68. The van der Waals surface area contributed by atoms with E-state index < -0.39 is 22.2 Å². The maximum atomic E-state index is 12.4. The molecule has 0 heterocycles. The Hall–Kier alpha value is 0.0538. The van der Waals surface area contributed by atoms with Gasteiger partial charge in [-0.25, -0.2) is 0 Å². The molecular weight excluding hydrogens is 501 g/mol. The summed E-state index contributed by atoms with van der Waals surface area (Å²) in [6, 6.07) is 0. The Bertz CT molecular complexity index is 928. The van der Waals surface area contributed by atoms with Gasteiger partial charge in [0.25, 0.3) is 0 Å². The van der Waals surface area contributed by atoms with Crippen LogP contribution in [0.4, 0.5) is 0 Å². The molecule has 4 aliphatic rings. The predicted molar refractivity (Wildman–Crippen MR) is 166 cm³/mol. The Kier molecular flexibility index (Phi) is 7.78. The van der Waals surface area contributed by atoms with E-state index in [0.717, 1.165) is 25.7 Å². The normalized spacial score (nSPS) is 42.3. The summed E-state index contributed by atoms with van der Waals surface area (Å²) < 4.78 is 14.1. The highest BCUT2D eigenvalue weighted by molar-refractivity contribution is 6.74. The first-order valence-electron chi connectivity index (χ1n) is 15.9. The third kappa shape index (κ3) is 4.90. The lowest BCUT2D eigenvalue weighted by molar-refractivity contribution is -0.144. The summed E-state index contributed by atoms with van der Waals surface area (Å²) in [5.41, 5.74) is 1.16. The maximum Gasteiger partial charge on any atom is 0.192 e. The Morgan fingerprint density at radius 3 is 1.97 bits per heavy atom. The lowest BCUT2D eigenvalue weighted by Crippen LogP contribution is -2.60. The van der Waals surface area contributed by atoms with Crippen LogP contribution >= 0.6 is 0 Å². The first-order chi connectivity index (χ1) is 17.1. The molecule has 5 heteroatoms. The third-order valence-electron chi connectivity index (χ3n) is 13.2. The van der Waals surface area contributed by atoms with Gasteiger partial charge < -0.3 is 14.0 Å². The van der Waals surface area contributed by atoms with Crippen molar-refractivity contribution >= 4 is 16.6 Å². The zero-order valence-electron chi connectivity index (χ0n) is 27.4. The van der Waals surface area contributed by atoms with Gasteiger partial charge in [-0.2, -0.15) is 0 Å². The molecule has 0 aliphatic heterocycles. The molecule has 38 heavy (non-hydrogen) atoms. The van der Waals surface area contributed by atoms with Crippen LogP contribution in [-0.4, -0.2) is 39.6 Å². The van der Waals surface area contributed by atoms with Crippen molar-refractivity contribution < 1.29 is 14.0 Å². The van der Waals surface area contributed by atoms with Gasteiger partial charge >= 0.3 is 0 Å². The van der Waals surface area contributed by atoms with Crippen LogP contribution in [0.3, 0.4) is 0 Å². The van der Waals surface area contributed by atoms with Crippen molar-refractivity contribution in [1.82, 2.24) is 0 Å². The quantitative estimate of drug-likeness (QED) is 0.268. The molecule has 0 aromatic rings. The smallest absolute Gasteiger partial charge is 0.192 e. The molecular formula is C33H62O3Si2. The molecule has 0 aromatic heterocycles. The second-order valence-electron chi connectivity index (χ2n) is 17.4. The van der Waals surface area contributed by atoms with Crippen molar-refractivity contribution in [3.05, 3.63) is 11.6 Å². The van der Waals surface area contributed by atoms with Crippen molar-refractivity contribution in [2.45, 2.75) is 168 Å². The van der Waals surface area contributed by atoms with Crippen molar-refractivity contribution in [3.8, 4) is 0 Å². The summed E-state index contributed by atoms with van der Waals surface area (Å²) in [5, 5.41) is 12.9. The molecule has 0 spiro atoms. The maximum absolute atomic E-state index is 12.4. The van der Waals surface area contributed by atoms with Gasteiger partial charge in [-0.3, -0.25) is 0 Å². The van der Waals surface area contributed by atoms with Crippen LogP contribution in [0.2, 0.25) is 36.3 Å². The molecule has 3 saturated carbocycles. The van der Waals surface area contributed by atoms with Crippen LogP contribution in [0.15, 0.2) is 11.6 Å². The summed E-state index contributed by atoms with van der Waals surface area (Å²) in [4.78, 5) is 0. The van der Waals surface area contributed by atoms with E-state index in [2.05, 4.69) is 94.6 Å². The van der Waals surface area contributed by atoms with Crippen LogP contribution in [0.5, 0.6) is 0 Å². The highest BCUT2D eigenvalue weighted by Gasteiger charge is 2.65. The van der Waals surface area contributed by atoms with Gasteiger partial charge in [-0.05, 0) is 116 Å². The minimum atomic E-state index is -1.85. The molecule has 0 radical (unpaired) electrons. The van der Waals surface area contributed by atoms with Crippen LogP contribution in [-0.2, 0) is 8.85 Å². The highest BCUT2D eigenvalue weighted by atomic mass is 28.4. The van der Waals surface area contributed by atoms with Crippen LogP contribution < -0.4 is 0 Å². The van der Waals surface area contributed by atoms with Gasteiger partial charge in [0, 0.05) is 6.10 Å². The standard InChI is InChI=1S/C33H62O3Si2/c1-14-33(34)22-23-21-24(35-37(10,11)29(2,3)4)17-19-31(23,8)26-18-20-32(9)25(28(26)33)15-16-27(32)36-38(12,13)30(5,6)7/h22,24-28,34H,14-21H2,1-13H3/t24-,25-,26-,27-,28-,31-,32-,33-/m0/s1. The summed E-state index contributed by atoms with van der Waals surface area (Å²) >= 11 is 0. The topological polar surface area (TPSA) is 38.7 Å². The van der Waals surface area contributed by atoms with E-state index in [1.807, 2.05) is 0 Å². The predicted octanol–water partition coefficient (Wildman–Crippen LogP) is 9.48. The zero-order chi connectivity index (χ0) is 28.7. The van der Waals surface area contributed by atoms with Crippen molar-refractivity contribution in [3.63, 3.8) is 0 Å². The lowest BCUT2D eigenvalue weighted by atomic mass is 9.44. The van der Waals surface area contributed by atoms with Gasteiger partial charge in [0.15, 0.2) is 16.6 Å². The molecule has 8 atom stereocenters. The average Bonchev–Trinajstić information content (AvgIpc) is 3.08. The summed E-state index contributed by atoms with van der Waals surface area (Å²) in [5.74, 6) is 1.44. The second-order valence-corrected chi connectivity index (χ2v) is 26.9. The Morgan fingerprint density at radius 1 is 0.842 bits per heavy atom. The van der Waals surface area contributed by atoms with Gasteiger partial charge in [0.05, 0.1) is 11.7 Å². The van der Waals surface area contributed by atoms with E-state index in [-0.39, 0.29) is 20.9 Å². The molecule has 3 nitrogen and oxygen atoms in total. The van der Waals surface area contributed by atoms with E-state index in [0.29, 0.717) is 30.0 Å². The number of hydrogen-bond acceptors (Lipinski definition) is 3. The van der Waals surface area contributed by atoms with E-state index in [1.165, 1.54) is 31.3 Å². The van der Waals surface area contributed by atoms with E-state index in [9.17, 15) is 5.11 Å². The zero-order valence-corrected chi connectivity index (χ0v) is 29.4. The van der Waals surface area contributed by atoms with Crippen LogP contribution in [0, 0.1) is 28.6 Å². The van der Waals surface area contributed by atoms with E-state index in [1.54, 1.807) is 0 Å². The van der Waals surface area contributed by atoms with E-state index in [4.69, 9.17) is 8.85 Å². The van der Waals surface area contributed by atoms with Gasteiger partial charge in [-0.1, -0.05) is 74.0 Å². The fourth-order valence-electron chi connectivity index (χ4n) is 8.51. The van der Waals surface area contributed by atoms with Crippen molar-refractivity contribution in [2.24, 2.45) is 28.6 Å². The summed E-state index contributed by atoms with van der Waals surface area (Å²) in [6.45, 7) is 31.0. The Morgan fingerprint density at radius 2 is 1.42 bits per heavy atom. The first-order valence-corrected chi connectivity index (χ1v) is 21.7. The molecule has 220 valence electrons.